The second-order valence-electron chi connectivity index (χ2n) is 7.07. The Morgan fingerprint density at radius 1 is 0.903 bits per heavy atom. The lowest BCUT2D eigenvalue weighted by Gasteiger charge is -2.15. The topological polar surface area (TPSA) is 67.4 Å². The van der Waals surface area contributed by atoms with E-state index in [1.165, 1.54) is 6.08 Å². The largest absolute Gasteiger partial charge is 0.489 e. The number of ether oxygens (including phenoxy) is 1. The zero-order valence-corrected chi connectivity index (χ0v) is 17.5. The molecule has 2 amide bonds. The van der Waals surface area contributed by atoms with E-state index >= 15 is 0 Å². The molecule has 2 N–H and O–H groups in total. The molecule has 3 aromatic carbocycles. The van der Waals surface area contributed by atoms with Crippen LogP contribution in [0, 0.1) is 0 Å². The summed E-state index contributed by atoms with van der Waals surface area (Å²) in [5.74, 6) is 0.131. The first-order valence-electron chi connectivity index (χ1n) is 10.2. The molecule has 0 saturated heterocycles. The number of rotatable bonds is 9. The quantitative estimate of drug-likeness (QED) is 0.518. The lowest BCUT2D eigenvalue weighted by atomic mass is 10.2. The van der Waals surface area contributed by atoms with Gasteiger partial charge in [-0.3, -0.25) is 9.59 Å². The van der Waals surface area contributed by atoms with Gasteiger partial charge in [-0.15, -0.1) is 0 Å². The minimum atomic E-state index is -0.662. The maximum absolute atomic E-state index is 12.4. The van der Waals surface area contributed by atoms with Crippen LogP contribution in [0.4, 0.5) is 0 Å². The Labute approximate surface area is 182 Å². The highest BCUT2D eigenvalue weighted by Gasteiger charge is 2.14. The summed E-state index contributed by atoms with van der Waals surface area (Å²) in [6.45, 7) is 2.41. The van der Waals surface area contributed by atoms with Gasteiger partial charge in [-0.1, -0.05) is 78.9 Å². The molecule has 3 rings (SSSR count). The van der Waals surface area contributed by atoms with Gasteiger partial charge in [0.25, 0.3) is 0 Å². The van der Waals surface area contributed by atoms with E-state index in [-0.39, 0.29) is 11.8 Å². The number of benzene rings is 3. The van der Waals surface area contributed by atoms with Crippen LogP contribution < -0.4 is 15.4 Å². The van der Waals surface area contributed by atoms with Gasteiger partial charge >= 0.3 is 0 Å². The first-order chi connectivity index (χ1) is 15.1. The van der Waals surface area contributed by atoms with Gasteiger partial charge in [0, 0.05) is 18.2 Å². The van der Waals surface area contributed by atoms with Crippen molar-refractivity contribution in [3.63, 3.8) is 0 Å². The Bertz CT molecular complexity index is 1020. The summed E-state index contributed by atoms with van der Waals surface area (Å²) in [6.07, 6.45) is 3.13. The summed E-state index contributed by atoms with van der Waals surface area (Å²) in [6, 6.07) is 26.3. The highest BCUT2D eigenvalue weighted by atomic mass is 16.5. The summed E-state index contributed by atoms with van der Waals surface area (Å²) in [5, 5.41) is 5.54. The third-order valence-electron chi connectivity index (χ3n) is 4.64. The molecule has 5 heteroatoms. The average molecular weight is 415 g/mol. The van der Waals surface area contributed by atoms with Crippen molar-refractivity contribution in [2.75, 3.05) is 0 Å². The predicted octanol–water partition coefficient (Wildman–Crippen LogP) is 4.10. The molecule has 158 valence electrons. The summed E-state index contributed by atoms with van der Waals surface area (Å²) < 4.78 is 5.92. The number of carbonyl (C=O) groups excluding carboxylic acids is 2. The molecular weight excluding hydrogens is 388 g/mol. The van der Waals surface area contributed by atoms with Crippen LogP contribution in [0.25, 0.3) is 6.08 Å². The highest BCUT2D eigenvalue weighted by molar-refractivity contribution is 5.95. The molecule has 0 heterocycles. The van der Waals surface area contributed by atoms with Gasteiger partial charge in [0.05, 0.1) is 0 Å². The Hall–Kier alpha value is -3.86. The first kappa shape index (κ1) is 21.8. The van der Waals surface area contributed by atoms with Gasteiger partial charge in [-0.25, -0.2) is 0 Å². The molecule has 1 atom stereocenters. The summed E-state index contributed by atoms with van der Waals surface area (Å²) >= 11 is 0. The second-order valence-corrected chi connectivity index (χ2v) is 7.07. The molecule has 0 saturated carbocycles. The summed E-state index contributed by atoms with van der Waals surface area (Å²) in [7, 11) is 0. The number of amides is 2. The van der Waals surface area contributed by atoms with Gasteiger partial charge < -0.3 is 15.4 Å². The van der Waals surface area contributed by atoms with E-state index < -0.39 is 6.04 Å². The third kappa shape index (κ3) is 7.16. The smallest absolute Gasteiger partial charge is 0.244 e. The third-order valence-corrected chi connectivity index (χ3v) is 4.64. The average Bonchev–Trinajstić information content (AvgIpc) is 2.81. The van der Waals surface area contributed by atoms with Crippen molar-refractivity contribution in [1.82, 2.24) is 10.6 Å². The van der Waals surface area contributed by atoms with Crippen LogP contribution in [0.15, 0.2) is 91.0 Å². The van der Waals surface area contributed by atoms with E-state index in [0.29, 0.717) is 18.9 Å². The Balaban J connectivity index is 1.49. The van der Waals surface area contributed by atoms with Gasteiger partial charge in [0.1, 0.15) is 18.4 Å². The van der Waals surface area contributed by atoms with E-state index in [4.69, 9.17) is 4.74 Å². The highest BCUT2D eigenvalue weighted by Crippen LogP contribution is 2.19. The maximum atomic E-state index is 12.4. The van der Waals surface area contributed by atoms with Gasteiger partial charge in [0.15, 0.2) is 0 Å². The number of para-hydroxylation sites is 1. The molecule has 3 aromatic rings. The fourth-order valence-electron chi connectivity index (χ4n) is 2.92. The Kier molecular flexibility index (Phi) is 8.00. The number of carbonyl (C=O) groups is 2. The minimum Gasteiger partial charge on any atom is -0.489 e. The van der Waals surface area contributed by atoms with Crippen molar-refractivity contribution in [3.8, 4) is 5.75 Å². The molecule has 0 spiro atoms. The zero-order chi connectivity index (χ0) is 21.9. The first-order valence-corrected chi connectivity index (χ1v) is 10.2. The van der Waals surface area contributed by atoms with E-state index in [9.17, 15) is 9.59 Å². The minimum absolute atomic E-state index is 0.265. The maximum Gasteiger partial charge on any atom is 0.244 e. The van der Waals surface area contributed by atoms with Crippen molar-refractivity contribution >= 4 is 17.9 Å². The van der Waals surface area contributed by atoms with Crippen LogP contribution in [0.3, 0.4) is 0 Å². The van der Waals surface area contributed by atoms with Crippen molar-refractivity contribution in [2.24, 2.45) is 0 Å². The van der Waals surface area contributed by atoms with Gasteiger partial charge in [-0.2, -0.15) is 0 Å². The predicted molar refractivity (Wildman–Crippen MR) is 122 cm³/mol. The monoisotopic (exact) mass is 414 g/mol. The van der Waals surface area contributed by atoms with E-state index in [2.05, 4.69) is 10.6 Å². The summed E-state index contributed by atoms with van der Waals surface area (Å²) in [5.41, 5.74) is 2.86. The standard InChI is InChI=1S/C26H26N2O3/c1-20(28-25(29)17-16-21-10-4-2-5-11-21)26(30)27-18-23-14-8-9-15-24(23)31-19-22-12-6-3-7-13-22/h2-17,20H,18-19H2,1H3,(H,27,30)(H,28,29). The van der Waals surface area contributed by atoms with Gasteiger partial charge in [0.2, 0.25) is 11.8 Å². The van der Waals surface area contributed by atoms with E-state index in [0.717, 1.165) is 16.7 Å². The molecule has 1 unspecified atom stereocenters. The Morgan fingerprint density at radius 3 is 2.29 bits per heavy atom. The lowest BCUT2D eigenvalue weighted by molar-refractivity contribution is -0.126. The SMILES string of the molecule is CC(NC(=O)C=Cc1ccccc1)C(=O)NCc1ccccc1OCc1ccccc1. The fraction of sp³-hybridized carbons (Fsp3) is 0.154. The second kappa shape index (κ2) is 11.4. The van der Waals surface area contributed by atoms with Crippen molar-refractivity contribution in [3.05, 3.63) is 108 Å². The number of nitrogens with one attached hydrogen (secondary N) is 2. The molecule has 0 aliphatic heterocycles. The van der Waals surface area contributed by atoms with Gasteiger partial charge in [-0.05, 0) is 30.2 Å². The summed E-state index contributed by atoms with van der Waals surface area (Å²) in [4.78, 5) is 24.5. The van der Waals surface area contributed by atoms with E-state index in [1.54, 1.807) is 13.0 Å². The lowest BCUT2D eigenvalue weighted by Crippen LogP contribution is -2.44. The van der Waals surface area contributed by atoms with Crippen LogP contribution in [-0.2, 0) is 22.7 Å². The fourth-order valence-corrected chi connectivity index (χ4v) is 2.92. The number of hydrogen-bond acceptors (Lipinski definition) is 3. The molecule has 5 nitrogen and oxygen atoms in total. The molecular formula is C26H26N2O3. The molecule has 0 aromatic heterocycles. The van der Waals surface area contributed by atoms with Crippen LogP contribution in [0.2, 0.25) is 0 Å². The van der Waals surface area contributed by atoms with Crippen LogP contribution in [0.5, 0.6) is 5.75 Å². The van der Waals surface area contributed by atoms with Crippen LogP contribution in [0.1, 0.15) is 23.6 Å². The van der Waals surface area contributed by atoms with E-state index in [1.807, 2.05) is 84.9 Å². The van der Waals surface area contributed by atoms with Crippen molar-refractivity contribution < 1.29 is 14.3 Å². The molecule has 31 heavy (non-hydrogen) atoms. The molecule has 0 fully saturated rings. The van der Waals surface area contributed by atoms with Crippen molar-refractivity contribution in [2.45, 2.75) is 26.1 Å². The number of hydrogen-bond donors (Lipinski definition) is 2. The molecule has 0 aliphatic carbocycles. The molecule has 0 aliphatic rings. The zero-order valence-electron chi connectivity index (χ0n) is 17.5. The van der Waals surface area contributed by atoms with Crippen LogP contribution >= 0.6 is 0 Å². The molecule has 0 bridgehead atoms. The molecule has 0 radical (unpaired) electrons. The van der Waals surface area contributed by atoms with Crippen molar-refractivity contribution in [1.29, 1.82) is 0 Å². The van der Waals surface area contributed by atoms with Crippen LogP contribution in [-0.4, -0.2) is 17.9 Å². The Morgan fingerprint density at radius 2 is 1.55 bits per heavy atom. The normalized spacial score (nSPS) is 11.6.